The van der Waals surface area contributed by atoms with E-state index in [0.717, 1.165) is 76.8 Å². The van der Waals surface area contributed by atoms with Gasteiger partial charge in [-0.15, -0.1) is 0 Å². The largest absolute Gasteiger partial charge is 0.393 e. The Morgan fingerprint density at radius 2 is 1.91 bits per heavy atom. The minimum absolute atomic E-state index is 0.0908. The van der Waals surface area contributed by atoms with Crippen molar-refractivity contribution in [1.82, 2.24) is 14.5 Å². The molecule has 23 heavy (non-hydrogen) atoms. The van der Waals surface area contributed by atoms with Crippen molar-refractivity contribution in [3.8, 4) is 0 Å². The van der Waals surface area contributed by atoms with Crippen LogP contribution in [0.25, 0.3) is 0 Å². The lowest BCUT2D eigenvalue weighted by Gasteiger charge is -2.46. The van der Waals surface area contributed by atoms with E-state index in [1.54, 1.807) is 0 Å². The number of rotatable bonds is 1. The number of hydrogen-bond donors (Lipinski definition) is 1. The molecule has 5 nitrogen and oxygen atoms in total. The minimum Gasteiger partial charge on any atom is -0.393 e. The van der Waals surface area contributed by atoms with Crippen LogP contribution >= 0.6 is 0 Å². The lowest BCUT2D eigenvalue weighted by atomic mass is 9.67. The molecule has 3 heterocycles. The number of nitrogens with zero attached hydrogens (tertiary/aromatic N) is 3. The smallest absolute Gasteiger partial charge is 0.227 e. The van der Waals surface area contributed by atoms with Gasteiger partial charge in [0.15, 0.2) is 0 Å². The van der Waals surface area contributed by atoms with E-state index in [9.17, 15) is 9.90 Å². The summed E-state index contributed by atoms with van der Waals surface area (Å²) in [6.45, 7) is 2.60. The first-order chi connectivity index (χ1) is 11.2. The Morgan fingerprint density at radius 3 is 2.65 bits per heavy atom. The Labute approximate surface area is 137 Å². The molecular formula is C18H27N3O2. The molecule has 0 radical (unpaired) electrons. The molecule has 3 aliphatic rings. The summed E-state index contributed by atoms with van der Waals surface area (Å²) < 4.78 is 2.14. The van der Waals surface area contributed by atoms with E-state index < -0.39 is 0 Å². The van der Waals surface area contributed by atoms with Gasteiger partial charge in [-0.2, -0.15) is 0 Å². The summed E-state index contributed by atoms with van der Waals surface area (Å²) in [5.74, 6) is 1.58. The quantitative estimate of drug-likeness (QED) is 0.862. The second kappa shape index (κ2) is 5.93. The molecule has 5 heteroatoms. The van der Waals surface area contributed by atoms with Gasteiger partial charge in [0, 0.05) is 38.4 Å². The predicted octanol–water partition coefficient (Wildman–Crippen LogP) is 1.99. The number of hydrogen-bond acceptors (Lipinski definition) is 3. The van der Waals surface area contributed by atoms with E-state index in [-0.39, 0.29) is 12.0 Å². The molecule has 0 aromatic carbocycles. The van der Waals surface area contributed by atoms with Crippen molar-refractivity contribution in [2.75, 3.05) is 13.1 Å². The molecule has 1 saturated carbocycles. The number of aliphatic hydroxyl groups excluding tert-OH is 1. The molecule has 1 spiro atoms. The molecule has 2 fully saturated rings. The maximum atomic E-state index is 12.9. The van der Waals surface area contributed by atoms with Crippen LogP contribution in [0.1, 0.15) is 50.8 Å². The molecule has 0 bridgehead atoms. The lowest BCUT2D eigenvalue weighted by Crippen LogP contribution is -2.47. The van der Waals surface area contributed by atoms with Gasteiger partial charge in [0.05, 0.1) is 12.0 Å². The van der Waals surface area contributed by atoms with E-state index in [4.69, 9.17) is 0 Å². The number of carbonyl (C=O) groups excluding carboxylic acids is 1. The van der Waals surface area contributed by atoms with Crippen LogP contribution < -0.4 is 0 Å². The summed E-state index contributed by atoms with van der Waals surface area (Å²) in [6, 6.07) is 0. The van der Waals surface area contributed by atoms with E-state index in [2.05, 4.69) is 14.5 Å². The molecule has 1 aromatic heterocycles. The molecule has 1 unspecified atom stereocenters. The fourth-order valence-electron chi connectivity index (χ4n) is 4.74. The van der Waals surface area contributed by atoms with Crippen molar-refractivity contribution in [1.29, 1.82) is 0 Å². The summed E-state index contributed by atoms with van der Waals surface area (Å²) in [5, 5.41) is 9.72. The Balaban J connectivity index is 1.35. The molecule has 4 rings (SSSR count). The van der Waals surface area contributed by atoms with Crippen LogP contribution in [-0.4, -0.2) is 44.7 Å². The van der Waals surface area contributed by atoms with Gasteiger partial charge in [-0.25, -0.2) is 4.98 Å². The minimum atomic E-state index is -0.0908. The maximum Gasteiger partial charge on any atom is 0.227 e. The van der Waals surface area contributed by atoms with Gasteiger partial charge in [0.25, 0.3) is 0 Å². The van der Waals surface area contributed by atoms with Crippen LogP contribution in [0.2, 0.25) is 0 Å². The molecule has 1 amide bonds. The lowest BCUT2D eigenvalue weighted by molar-refractivity contribution is -0.139. The summed E-state index contributed by atoms with van der Waals surface area (Å²) in [4.78, 5) is 19.3. The first kappa shape index (κ1) is 15.2. The van der Waals surface area contributed by atoms with Gasteiger partial charge in [0.2, 0.25) is 5.91 Å². The van der Waals surface area contributed by atoms with Gasteiger partial charge >= 0.3 is 0 Å². The number of piperidine rings is 1. The van der Waals surface area contributed by atoms with Gasteiger partial charge in [0.1, 0.15) is 5.82 Å². The van der Waals surface area contributed by atoms with Crippen molar-refractivity contribution in [3.05, 3.63) is 18.2 Å². The third kappa shape index (κ3) is 2.91. The fraction of sp³-hybridized carbons (Fsp3) is 0.778. The van der Waals surface area contributed by atoms with E-state index in [1.807, 2.05) is 12.4 Å². The molecule has 1 N–H and O–H groups in total. The summed E-state index contributed by atoms with van der Waals surface area (Å²) in [7, 11) is 0. The number of aryl methyl sites for hydroxylation is 1. The standard InChI is InChI=1S/C18H27N3O2/c22-15-3-5-18(6-4-15)7-10-20(11-8-18)17(23)14-1-2-16-19-9-12-21(16)13-14/h9,12,14-15,22H,1-8,10-11,13H2. The zero-order valence-electron chi connectivity index (χ0n) is 13.8. The number of imidazole rings is 1. The first-order valence-electron chi connectivity index (χ1n) is 9.12. The molecule has 1 aliphatic carbocycles. The second-order valence-electron chi connectivity index (χ2n) is 7.79. The van der Waals surface area contributed by atoms with E-state index >= 15 is 0 Å². The predicted molar refractivity (Wildman–Crippen MR) is 86.8 cm³/mol. The highest BCUT2D eigenvalue weighted by Gasteiger charge is 2.39. The number of aromatic nitrogens is 2. The van der Waals surface area contributed by atoms with Crippen molar-refractivity contribution < 1.29 is 9.90 Å². The van der Waals surface area contributed by atoms with Crippen molar-refractivity contribution in [2.45, 2.75) is 64.0 Å². The first-order valence-corrected chi connectivity index (χ1v) is 9.12. The molecule has 1 saturated heterocycles. The van der Waals surface area contributed by atoms with Gasteiger partial charge in [-0.3, -0.25) is 4.79 Å². The van der Waals surface area contributed by atoms with E-state index in [0.29, 0.717) is 11.3 Å². The number of likely N-dealkylation sites (tertiary alicyclic amines) is 1. The van der Waals surface area contributed by atoms with Crippen LogP contribution in [-0.2, 0) is 17.8 Å². The number of carbonyl (C=O) groups is 1. The third-order valence-electron chi connectivity index (χ3n) is 6.44. The third-order valence-corrected chi connectivity index (χ3v) is 6.44. The second-order valence-corrected chi connectivity index (χ2v) is 7.79. The summed E-state index contributed by atoms with van der Waals surface area (Å²) in [6.07, 6.45) is 12.0. The Morgan fingerprint density at radius 1 is 1.17 bits per heavy atom. The maximum absolute atomic E-state index is 12.9. The van der Waals surface area contributed by atoms with Crippen LogP contribution in [0.4, 0.5) is 0 Å². The Bertz CT molecular complexity index is 565. The topological polar surface area (TPSA) is 58.4 Å². The fourth-order valence-corrected chi connectivity index (χ4v) is 4.74. The summed E-state index contributed by atoms with van der Waals surface area (Å²) in [5.41, 5.74) is 0.403. The highest BCUT2D eigenvalue weighted by atomic mass is 16.3. The van der Waals surface area contributed by atoms with Crippen LogP contribution in [0, 0.1) is 11.3 Å². The number of aliphatic hydroxyl groups is 1. The number of fused-ring (bicyclic) bond motifs is 1. The van der Waals surface area contributed by atoms with Crippen molar-refractivity contribution in [3.63, 3.8) is 0 Å². The highest BCUT2D eigenvalue weighted by molar-refractivity contribution is 5.79. The van der Waals surface area contributed by atoms with Crippen LogP contribution in [0.3, 0.4) is 0 Å². The van der Waals surface area contributed by atoms with Crippen molar-refractivity contribution >= 4 is 5.91 Å². The highest BCUT2D eigenvalue weighted by Crippen LogP contribution is 2.44. The van der Waals surface area contributed by atoms with Gasteiger partial charge < -0.3 is 14.6 Å². The van der Waals surface area contributed by atoms with E-state index in [1.165, 1.54) is 0 Å². The molecule has 2 aliphatic heterocycles. The molecule has 126 valence electrons. The average molecular weight is 317 g/mol. The molecule has 1 aromatic rings. The van der Waals surface area contributed by atoms with Crippen LogP contribution in [0.5, 0.6) is 0 Å². The van der Waals surface area contributed by atoms with Crippen molar-refractivity contribution in [2.24, 2.45) is 11.3 Å². The number of amides is 1. The Hall–Kier alpha value is -1.36. The monoisotopic (exact) mass is 317 g/mol. The Kier molecular flexibility index (Phi) is 3.92. The SMILES string of the molecule is O=C(C1CCc2nccn2C1)N1CCC2(CCC(O)CC2)CC1. The van der Waals surface area contributed by atoms with Gasteiger partial charge in [-0.05, 0) is 50.4 Å². The summed E-state index contributed by atoms with van der Waals surface area (Å²) >= 11 is 0. The van der Waals surface area contributed by atoms with Gasteiger partial charge in [-0.1, -0.05) is 0 Å². The normalized spacial score (nSPS) is 27.9. The zero-order chi connectivity index (χ0) is 15.9. The van der Waals surface area contributed by atoms with Crippen LogP contribution in [0.15, 0.2) is 12.4 Å². The average Bonchev–Trinajstić information content (AvgIpc) is 3.05. The molecular weight excluding hydrogens is 290 g/mol. The zero-order valence-corrected chi connectivity index (χ0v) is 13.8. The molecule has 1 atom stereocenters.